The second-order valence-electron chi connectivity index (χ2n) is 4.99. The highest BCUT2D eigenvalue weighted by Crippen LogP contribution is 2.27. The van der Waals surface area contributed by atoms with E-state index in [2.05, 4.69) is 5.32 Å². The third-order valence-electron chi connectivity index (χ3n) is 3.63. The van der Waals surface area contributed by atoms with Gasteiger partial charge in [0, 0.05) is 12.1 Å². The second kappa shape index (κ2) is 6.26. The Kier molecular flexibility index (Phi) is 4.66. The van der Waals surface area contributed by atoms with Crippen LogP contribution in [0.2, 0.25) is 5.02 Å². The lowest BCUT2D eigenvalue weighted by Gasteiger charge is -2.18. The zero-order chi connectivity index (χ0) is 13.8. The molecule has 1 unspecified atom stereocenters. The van der Waals surface area contributed by atoms with Crippen molar-refractivity contribution in [1.82, 2.24) is 5.32 Å². The molecular weight excluding hydrogens is 266 g/mol. The number of aromatic hydroxyl groups is 1. The molecule has 2 rings (SSSR count). The summed E-state index contributed by atoms with van der Waals surface area (Å²) in [5.74, 6) is -0.0492. The first-order valence-electron chi connectivity index (χ1n) is 6.52. The van der Waals surface area contributed by atoms with Crippen LogP contribution < -0.4 is 5.32 Å². The summed E-state index contributed by atoms with van der Waals surface area (Å²) >= 11 is 5.74. The predicted octanol–water partition coefficient (Wildman–Crippen LogP) is 2.33. The number of halogens is 1. The molecule has 4 nitrogen and oxygen atoms in total. The molecule has 1 aliphatic rings. The van der Waals surface area contributed by atoms with Gasteiger partial charge in [-0.05, 0) is 37.0 Å². The monoisotopic (exact) mass is 283 g/mol. The summed E-state index contributed by atoms with van der Waals surface area (Å²) in [7, 11) is 0. The minimum absolute atomic E-state index is 0.0517. The van der Waals surface area contributed by atoms with Crippen molar-refractivity contribution in [3.8, 4) is 5.75 Å². The van der Waals surface area contributed by atoms with Gasteiger partial charge in [-0.25, -0.2) is 0 Å². The van der Waals surface area contributed by atoms with Crippen molar-refractivity contribution in [3.63, 3.8) is 0 Å². The maximum Gasteiger partial charge on any atom is 0.251 e. The molecule has 5 heteroatoms. The van der Waals surface area contributed by atoms with Crippen LogP contribution in [0.15, 0.2) is 18.2 Å². The number of amides is 1. The van der Waals surface area contributed by atoms with Gasteiger partial charge in [0.15, 0.2) is 0 Å². The zero-order valence-electron chi connectivity index (χ0n) is 10.6. The highest BCUT2D eigenvalue weighted by atomic mass is 35.5. The molecule has 19 heavy (non-hydrogen) atoms. The molecule has 1 aromatic rings. The fourth-order valence-electron chi connectivity index (χ4n) is 2.46. The van der Waals surface area contributed by atoms with Crippen molar-refractivity contribution in [2.75, 3.05) is 6.54 Å². The van der Waals surface area contributed by atoms with Crippen LogP contribution in [0.25, 0.3) is 0 Å². The average molecular weight is 284 g/mol. The third kappa shape index (κ3) is 3.61. The molecule has 0 aromatic heterocycles. The first-order valence-corrected chi connectivity index (χ1v) is 6.90. The lowest BCUT2D eigenvalue weighted by Crippen LogP contribution is -2.35. The largest absolute Gasteiger partial charge is 0.506 e. The Morgan fingerprint density at radius 3 is 2.74 bits per heavy atom. The van der Waals surface area contributed by atoms with Gasteiger partial charge in [0.05, 0.1) is 11.1 Å². The molecule has 0 radical (unpaired) electrons. The summed E-state index contributed by atoms with van der Waals surface area (Å²) < 4.78 is 0. The van der Waals surface area contributed by atoms with Crippen LogP contribution in [-0.4, -0.2) is 28.8 Å². The van der Waals surface area contributed by atoms with Crippen LogP contribution in [0, 0.1) is 5.92 Å². The van der Waals surface area contributed by atoms with Gasteiger partial charge in [-0.15, -0.1) is 0 Å². The molecular formula is C14H18ClNO3. The maximum absolute atomic E-state index is 11.9. The SMILES string of the molecule is O=C(NCC(O)C1CCCC1)c1ccc(O)c(Cl)c1. The molecule has 0 bridgehead atoms. The summed E-state index contributed by atoms with van der Waals surface area (Å²) in [5, 5.41) is 22.1. The van der Waals surface area contributed by atoms with Crippen LogP contribution >= 0.6 is 11.6 Å². The number of aliphatic hydroxyl groups is 1. The molecule has 104 valence electrons. The Morgan fingerprint density at radius 2 is 2.11 bits per heavy atom. The molecule has 1 aromatic carbocycles. The molecule has 3 N–H and O–H groups in total. The number of hydrogen-bond donors (Lipinski definition) is 3. The molecule has 0 spiro atoms. The van der Waals surface area contributed by atoms with E-state index in [0.717, 1.165) is 25.7 Å². The highest BCUT2D eigenvalue weighted by Gasteiger charge is 2.23. The first kappa shape index (κ1) is 14.2. The molecule has 0 aliphatic heterocycles. The summed E-state index contributed by atoms with van der Waals surface area (Å²) in [6.07, 6.45) is 3.88. The molecule has 0 saturated heterocycles. The molecule has 1 fully saturated rings. The summed E-state index contributed by atoms with van der Waals surface area (Å²) in [6, 6.07) is 4.29. The van der Waals surface area contributed by atoms with Crippen molar-refractivity contribution in [2.24, 2.45) is 5.92 Å². The number of carbonyl (C=O) groups excluding carboxylic acids is 1. The fraction of sp³-hybridized carbons (Fsp3) is 0.500. The van der Waals surface area contributed by atoms with E-state index >= 15 is 0 Å². The van der Waals surface area contributed by atoms with Crippen LogP contribution in [-0.2, 0) is 0 Å². The van der Waals surface area contributed by atoms with Gasteiger partial charge in [-0.1, -0.05) is 24.4 Å². The predicted molar refractivity (Wildman–Crippen MR) is 73.4 cm³/mol. The normalized spacial score (nSPS) is 17.4. The molecule has 1 aliphatic carbocycles. The fourth-order valence-corrected chi connectivity index (χ4v) is 2.64. The molecule has 1 atom stereocenters. The lowest BCUT2D eigenvalue weighted by molar-refractivity contribution is 0.0840. The first-order chi connectivity index (χ1) is 9.08. The number of rotatable bonds is 4. The van der Waals surface area contributed by atoms with Gasteiger partial charge in [-0.2, -0.15) is 0 Å². The van der Waals surface area contributed by atoms with E-state index in [1.165, 1.54) is 18.2 Å². The minimum atomic E-state index is -0.487. The van der Waals surface area contributed by atoms with Crippen molar-refractivity contribution in [2.45, 2.75) is 31.8 Å². The van der Waals surface area contributed by atoms with Gasteiger partial charge in [0.1, 0.15) is 5.75 Å². The van der Waals surface area contributed by atoms with Crippen LogP contribution in [0.3, 0.4) is 0 Å². The standard InChI is InChI=1S/C14H18ClNO3/c15-11-7-10(5-6-12(11)17)14(19)16-8-13(18)9-3-1-2-4-9/h5-7,9,13,17-18H,1-4,8H2,(H,16,19). The van der Waals surface area contributed by atoms with Crippen molar-refractivity contribution >= 4 is 17.5 Å². The molecule has 1 amide bonds. The summed E-state index contributed by atoms with van der Waals surface area (Å²) in [5.41, 5.74) is 0.376. The van der Waals surface area contributed by atoms with Crippen LogP contribution in [0.4, 0.5) is 0 Å². The Balaban J connectivity index is 1.88. The number of nitrogens with one attached hydrogen (secondary N) is 1. The Labute approximate surface area is 117 Å². The molecule has 1 saturated carbocycles. The van der Waals surface area contributed by atoms with Gasteiger partial charge >= 0.3 is 0 Å². The number of phenols is 1. The minimum Gasteiger partial charge on any atom is -0.506 e. The van der Waals surface area contributed by atoms with Gasteiger partial charge < -0.3 is 15.5 Å². The second-order valence-corrected chi connectivity index (χ2v) is 5.40. The maximum atomic E-state index is 11.9. The van der Waals surface area contributed by atoms with E-state index < -0.39 is 6.10 Å². The highest BCUT2D eigenvalue weighted by molar-refractivity contribution is 6.32. The Hall–Kier alpha value is -1.26. The van der Waals surface area contributed by atoms with E-state index in [1.807, 2.05) is 0 Å². The van der Waals surface area contributed by atoms with Gasteiger partial charge in [-0.3, -0.25) is 4.79 Å². The zero-order valence-corrected chi connectivity index (χ0v) is 11.4. The van der Waals surface area contributed by atoms with Crippen LogP contribution in [0.1, 0.15) is 36.0 Å². The Bertz CT molecular complexity index is 458. The van der Waals surface area contributed by atoms with Crippen LogP contribution in [0.5, 0.6) is 5.75 Å². The van der Waals surface area contributed by atoms with Crippen molar-refractivity contribution in [3.05, 3.63) is 28.8 Å². The number of benzene rings is 1. The van der Waals surface area contributed by atoms with E-state index in [1.54, 1.807) is 0 Å². The van der Waals surface area contributed by atoms with E-state index in [9.17, 15) is 15.0 Å². The smallest absolute Gasteiger partial charge is 0.251 e. The van der Waals surface area contributed by atoms with Crippen molar-refractivity contribution in [1.29, 1.82) is 0 Å². The quantitative estimate of drug-likeness (QED) is 0.794. The van der Waals surface area contributed by atoms with Gasteiger partial charge in [0.2, 0.25) is 0 Å². The summed E-state index contributed by atoms with van der Waals surface area (Å²) in [4.78, 5) is 11.9. The van der Waals surface area contributed by atoms with E-state index in [-0.39, 0.29) is 23.2 Å². The lowest BCUT2D eigenvalue weighted by atomic mass is 10.0. The Morgan fingerprint density at radius 1 is 1.42 bits per heavy atom. The van der Waals surface area contributed by atoms with E-state index in [4.69, 9.17) is 11.6 Å². The number of carbonyl (C=O) groups is 1. The van der Waals surface area contributed by atoms with Crippen molar-refractivity contribution < 1.29 is 15.0 Å². The van der Waals surface area contributed by atoms with E-state index in [0.29, 0.717) is 11.5 Å². The average Bonchev–Trinajstić information content (AvgIpc) is 2.92. The molecule has 0 heterocycles. The number of hydrogen-bond acceptors (Lipinski definition) is 3. The number of phenolic OH excluding ortho intramolecular Hbond substituents is 1. The summed E-state index contributed by atoms with van der Waals surface area (Å²) in [6.45, 7) is 0.252. The third-order valence-corrected chi connectivity index (χ3v) is 3.93. The topological polar surface area (TPSA) is 69.6 Å². The van der Waals surface area contributed by atoms with Gasteiger partial charge in [0.25, 0.3) is 5.91 Å². The number of aliphatic hydroxyl groups excluding tert-OH is 1.